The molecule has 18 aromatic carbocycles. The second kappa shape index (κ2) is 52.2. The van der Waals surface area contributed by atoms with Crippen LogP contribution < -0.4 is 137 Å². The standard InChI is InChI=1S/C48H41O5P.C30H28O3.C15H16O2.C13H8F2O.C12H8O2P.C6H6O.CH2O3.2K.H/c1-33-13-15-36(16-14-33)48(37-17-25-39(49)26-18-37,54(50)46-12-8-6-10-44(46)43-9-5-7-11-45(43)53-54)38-23-31-42(32-24-38)52-41-29-21-35(22-30-41)47(2,3)34-19-27-40(51-4)28-20-34;1-21-5-7-22(8-6-21)29(31)23-9-15-27(16-10-23)33-28-19-13-25(14-20-28)30(2,3)24-11-17-26(32-4)18-12-24;1-15(2,11-3-7-13(16)8-4-11)12-5-9-14(17)10-6-12;14-11-5-1-9(2-6-11)13(16)10-3-7-12(15)8-4-10;13-15-12-8-4-2-6-10(12)9-5-1-3-7-11(9)14-15;7-6-4-2-1-3-5-6;2-1-4-3;;;/h5-32,49H,1-4H3;5-20H,1-4H3;3-10,16-17H,1-2H3;1-8H;1-8H;1-5,7H;1,3H;;;/q;;;;+1;;;2*+1;-1/p-1. The number of phenolic OH excluding ortho intramolecular Hbond substituents is 4. The fourth-order valence-electron chi connectivity index (χ4n) is 17.0. The Hall–Kier alpha value is -13.8. The molecule has 1 aromatic heterocycles. The number of ether oxygens (including phenoxy) is 4. The van der Waals surface area contributed by atoms with Gasteiger partial charge in [-0.15, -0.1) is 0 Å². The van der Waals surface area contributed by atoms with Gasteiger partial charge in [-0.2, -0.15) is 0 Å². The summed E-state index contributed by atoms with van der Waals surface area (Å²) in [5.74, 6) is 4.99. The molecule has 0 spiro atoms. The molecule has 3 atom stereocenters. The molecule has 0 radical (unpaired) electrons. The molecule has 4 N–H and O–H groups in total. The Morgan fingerprint density at radius 2 is 0.622 bits per heavy atom. The average Bonchev–Trinajstić information content (AvgIpc) is 0.687. The van der Waals surface area contributed by atoms with E-state index in [2.05, 4.69) is 95.0 Å². The molecule has 1 aliphatic rings. The number of benzene rings is 18. The molecule has 0 bridgehead atoms. The molecule has 0 amide bonds. The predicted molar refractivity (Wildman–Crippen MR) is 572 cm³/mol. The van der Waals surface area contributed by atoms with Crippen molar-refractivity contribution in [2.24, 2.45) is 0 Å². The Morgan fingerprint density at radius 3 is 0.993 bits per heavy atom. The largest absolute Gasteiger partial charge is 1.00 e. The number of aryl methyl sites for hydroxylation is 2. The van der Waals surface area contributed by atoms with Gasteiger partial charge in [0.15, 0.2) is 17.1 Å². The fourth-order valence-corrected chi connectivity index (χ4v) is 21.3. The van der Waals surface area contributed by atoms with E-state index in [0.717, 1.165) is 88.8 Å². The van der Waals surface area contributed by atoms with Crippen molar-refractivity contribution in [1.29, 1.82) is 0 Å². The second-order valence-electron chi connectivity index (χ2n) is 35.9. The summed E-state index contributed by atoms with van der Waals surface area (Å²) in [5.41, 5.74) is 15.5. The summed E-state index contributed by atoms with van der Waals surface area (Å²) in [6, 6.07) is 135. The van der Waals surface area contributed by atoms with Crippen molar-refractivity contribution in [2.45, 2.75) is 76.8 Å². The number of methoxy groups -OCH3 is 2. The number of rotatable bonds is 21. The topological polar surface area (TPSA) is 258 Å². The Balaban J connectivity index is 0.000000187. The molecule has 0 saturated heterocycles. The van der Waals surface area contributed by atoms with Crippen LogP contribution in [0.5, 0.6) is 63.2 Å². The van der Waals surface area contributed by atoms with Crippen molar-refractivity contribution in [2.75, 3.05) is 14.2 Å². The van der Waals surface area contributed by atoms with E-state index in [4.69, 9.17) is 42.8 Å². The number of ketones is 2. The first-order valence-corrected chi connectivity index (χ1v) is 49.6. The van der Waals surface area contributed by atoms with Gasteiger partial charge in [-0.3, -0.25) is 18.9 Å². The van der Waals surface area contributed by atoms with Gasteiger partial charge in [0.25, 0.3) is 13.8 Å². The van der Waals surface area contributed by atoms with Crippen LogP contribution in [0.3, 0.4) is 0 Å². The first-order chi connectivity index (χ1) is 70.3. The van der Waals surface area contributed by atoms with Crippen molar-refractivity contribution in [3.63, 3.8) is 0 Å². The number of aromatic hydroxyl groups is 4. The SMILES string of the molecule is CC(C)(c1ccc(O)cc1)c1ccc(O)cc1.COc1ccc(C(C)(C)c2ccc(Oc3ccc(C(=O)c4ccc(C)cc4)cc3)cc2)cc1.COc1ccc(C(C)(C)c2ccc(Oc3ccc(C(c4ccc(C)cc4)(c4ccc(O)cc4)P4(=O)Oc5ccccc5-c5ccccc54)cc3)cc2)cc1.O=C(c1ccc(F)cc1)c1ccc(F)cc1.O=CO[O-].O=[p+]1oc2ccccc2c2ccccc21.Oc1ccccc1.[H-].[K+].[K+]. The molecule has 3 unspecified atom stereocenters. The van der Waals surface area contributed by atoms with Gasteiger partial charge in [0, 0.05) is 54.8 Å². The smallest absolute Gasteiger partial charge is 1.00 e. The van der Waals surface area contributed by atoms with E-state index in [-0.39, 0.29) is 156 Å². The maximum Gasteiger partial charge on any atom is 1.00 e. The summed E-state index contributed by atoms with van der Waals surface area (Å²) in [6.45, 7) is 16.9. The van der Waals surface area contributed by atoms with E-state index < -0.39 is 31.8 Å². The number of phenols is 4. The van der Waals surface area contributed by atoms with Crippen LogP contribution in [0, 0.1) is 25.5 Å². The third-order valence-electron chi connectivity index (χ3n) is 25.4. The van der Waals surface area contributed by atoms with E-state index in [9.17, 15) is 38.3 Å². The van der Waals surface area contributed by atoms with Crippen molar-refractivity contribution in [3.8, 4) is 74.4 Å². The Labute approximate surface area is 947 Å². The maximum atomic E-state index is 16.5. The second-order valence-corrected chi connectivity index (χ2v) is 39.6. The first kappa shape index (κ1) is 113. The van der Waals surface area contributed by atoms with Crippen LogP contribution in [0.2, 0.25) is 0 Å². The summed E-state index contributed by atoms with van der Waals surface area (Å²) in [4.78, 5) is 35.7. The number of carbonyl (C=O) groups excluding carboxylic acids is 3. The van der Waals surface area contributed by atoms with Gasteiger partial charge in [0.1, 0.15) is 80.0 Å². The van der Waals surface area contributed by atoms with Gasteiger partial charge in [0.2, 0.25) is 5.12 Å². The molecule has 19 aromatic rings. The zero-order valence-corrected chi connectivity index (χ0v) is 92.0. The molecule has 0 saturated carbocycles. The zero-order valence-electron chi connectivity index (χ0n) is 85.0. The van der Waals surface area contributed by atoms with E-state index in [1.807, 2.05) is 287 Å². The molecule has 0 fully saturated rings. The summed E-state index contributed by atoms with van der Waals surface area (Å²) in [7, 11) is -2.33. The van der Waals surface area contributed by atoms with Gasteiger partial charge in [-0.25, -0.2) is 13.0 Å². The summed E-state index contributed by atoms with van der Waals surface area (Å²) in [6.07, 6.45) is 0. The third-order valence-corrected chi connectivity index (χ3v) is 29.7. The first-order valence-electron chi connectivity index (χ1n) is 46.8. The van der Waals surface area contributed by atoms with E-state index in [1.54, 1.807) is 87.0 Å². The Kier molecular flexibility index (Phi) is 39.8. The summed E-state index contributed by atoms with van der Waals surface area (Å²) in [5, 5.41) is 48.2. The zero-order chi connectivity index (χ0) is 104. The Morgan fingerprint density at radius 1 is 0.345 bits per heavy atom. The van der Waals surface area contributed by atoms with Gasteiger partial charge in [-0.05, 0) is 286 Å². The number of halogens is 2. The number of carbonyl (C=O) groups is 3. The van der Waals surface area contributed by atoms with E-state index in [1.165, 1.54) is 65.2 Å². The molecule has 23 heteroatoms. The van der Waals surface area contributed by atoms with Crippen LogP contribution in [0.25, 0.3) is 32.6 Å². The molecule has 1 aliphatic heterocycles. The molecule has 736 valence electrons. The van der Waals surface area contributed by atoms with E-state index >= 15 is 4.57 Å². The van der Waals surface area contributed by atoms with Crippen molar-refractivity contribution in [1.82, 2.24) is 0 Å². The normalized spacial score (nSPS) is 12.5. The minimum atomic E-state index is -3.94. The number of para-hydroxylation sites is 3. The van der Waals surface area contributed by atoms with Gasteiger partial charge in [-0.1, -0.05) is 283 Å². The minimum Gasteiger partial charge on any atom is -1.00 e. The average molecular weight is 2060 g/mol. The van der Waals surface area contributed by atoms with Crippen LogP contribution in [-0.4, -0.2) is 52.7 Å². The van der Waals surface area contributed by atoms with Crippen molar-refractivity contribution >= 4 is 59.8 Å². The number of hydrogen-bond donors (Lipinski definition) is 4. The van der Waals surface area contributed by atoms with E-state index in [0.29, 0.717) is 61.9 Å². The minimum absolute atomic E-state index is 0. The predicted octanol–water partition coefficient (Wildman–Crippen LogP) is 24.0. The van der Waals surface area contributed by atoms with Gasteiger partial charge < -0.3 is 55.5 Å². The molecule has 17 nitrogen and oxygen atoms in total. The Bertz CT molecular complexity index is 7590. The third kappa shape index (κ3) is 27.6. The molecular formula is C125H109F2K2O17P2+. The number of hydrogen-bond acceptors (Lipinski definition) is 17. The molecule has 0 aliphatic carbocycles. The maximum absolute atomic E-state index is 16.5. The number of fused-ring (bicyclic) bond motifs is 6. The quantitative estimate of drug-likeness (QED) is 0.00762. The van der Waals surface area contributed by atoms with Gasteiger partial charge in [0.05, 0.1) is 19.5 Å². The van der Waals surface area contributed by atoms with Crippen LogP contribution in [0.4, 0.5) is 8.78 Å². The van der Waals surface area contributed by atoms with Crippen molar-refractivity contribution in [3.05, 3.63) is 538 Å². The molecule has 20 rings (SSSR count). The molecular weight excluding hydrogens is 1950 g/mol. The van der Waals surface area contributed by atoms with Crippen LogP contribution >= 0.6 is 15.0 Å². The summed E-state index contributed by atoms with van der Waals surface area (Å²) >= 11 is 0. The van der Waals surface area contributed by atoms with Crippen LogP contribution in [0.15, 0.2) is 447 Å². The molecule has 148 heavy (non-hydrogen) atoms. The monoisotopic (exact) mass is 2060 g/mol. The molecule has 2 heterocycles. The summed E-state index contributed by atoms with van der Waals surface area (Å²) < 4.78 is 88.9. The van der Waals surface area contributed by atoms with Crippen LogP contribution in [0.1, 0.15) is 136 Å². The fraction of sp³-hybridized carbons (Fsp3) is 0.112. The van der Waals surface area contributed by atoms with Crippen molar-refractivity contribution < 1.29 is 195 Å². The van der Waals surface area contributed by atoms with Crippen LogP contribution in [-0.2, 0) is 40.2 Å². The van der Waals surface area contributed by atoms with Gasteiger partial charge >= 0.3 is 110 Å².